The van der Waals surface area contributed by atoms with E-state index in [1.54, 1.807) is 30.0 Å². The highest BCUT2D eigenvalue weighted by molar-refractivity contribution is 7.92. The van der Waals surface area contributed by atoms with Gasteiger partial charge in [-0.1, -0.05) is 54.4 Å². The van der Waals surface area contributed by atoms with E-state index in [-0.39, 0.29) is 30.4 Å². The van der Waals surface area contributed by atoms with E-state index in [0.717, 1.165) is 11.1 Å². The summed E-state index contributed by atoms with van der Waals surface area (Å²) in [5, 5.41) is 10.4. The number of halogens is 2. The zero-order valence-electron chi connectivity index (χ0n) is 22.2. The van der Waals surface area contributed by atoms with E-state index < -0.39 is 38.6 Å². The Morgan fingerprint density at radius 2 is 1.77 bits per heavy atom. The molecule has 0 unspecified atom stereocenters. The highest BCUT2D eigenvalue weighted by Gasteiger charge is 2.52. The standard InChI is InChI=1S/C29H35Cl2NO6S/c1-19(12-15-39(36,37)24-10-13-38-14-11-24)32-27(20-6-8-22(30)9-7-20)25(21-4-3-5-23(31)16-21)17-29(2,28(32)35)18-26(33)34/h3-9,16,19,24-25,27H,10-15,17-18H2,1-2H3,(H,33,34)/t19-,25+,27+,29+/m0/s1. The van der Waals surface area contributed by atoms with Gasteiger partial charge in [-0.2, -0.15) is 0 Å². The molecule has 2 heterocycles. The smallest absolute Gasteiger partial charge is 0.304 e. The number of carboxylic acid groups (broad SMARTS) is 1. The summed E-state index contributed by atoms with van der Waals surface area (Å²) in [6.07, 6.45) is 1.15. The molecule has 2 fully saturated rings. The Morgan fingerprint density at radius 3 is 2.38 bits per heavy atom. The van der Waals surface area contributed by atoms with Crippen molar-refractivity contribution in [1.29, 1.82) is 0 Å². The molecular formula is C29H35Cl2NO6S. The predicted molar refractivity (Wildman–Crippen MR) is 152 cm³/mol. The topological polar surface area (TPSA) is 101 Å². The first-order chi connectivity index (χ1) is 18.4. The molecule has 10 heteroatoms. The van der Waals surface area contributed by atoms with Crippen molar-refractivity contribution in [3.05, 3.63) is 69.7 Å². The van der Waals surface area contributed by atoms with Gasteiger partial charge in [0.1, 0.15) is 0 Å². The van der Waals surface area contributed by atoms with E-state index in [2.05, 4.69) is 0 Å². The van der Waals surface area contributed by atoms with Crippen LogP contribution in [0.1, 0.15) is 69.0 Å². The zero-order valence-corrected chi connectivity index (χ0v) is 24.5. The lowest BCUT2D eigenvalue weighted by Gasteiger charge is -2.51. The summed E-state index contributed by atoms with van der Waals surface area (Å²) in [6, 6.07) is 13.7. The average Bonchev–Trinajstić information content (AvgIpc) is 2.89. The summed E-state index contributed by atoms with van der Waals surface area (Å²) < 4.78 is 31.7. The fraction of sp³-hybridized carbons (Fsp3) is 0.517. The maximum Gasteiger partial charge on any atom is 0.304 e. The minimum Gasteiger partial charge on any atom is -0.481 e. The van der Waals surface area contributed by atoms with Crippen LogP contribution in [0.4, 0.5) is 0 Å². The lowest BCUT2D eigenvalue weighted by atomic mass is 9.67. The van der Waals surface area contributed by atoms with Crippen LogP contribution in [0.25, 0.3) is 0 Å². The normalized spacial score (nSPS) is 25.4. The van der Waals surface area contributed by atoms with Crippen LogP contribution in [0.15, 0.2) is 48.5 Å². The number of sulfone groups is 1. The van der Waals surface area contributed by atoms with Crippen LogP contribution in [-0.2, 0) is 24.2 Å². The van der Waals surface area contributed by atoms with Gasteiger partial charge < -0.3 is 14.7 Å². The van der Waals surface area contributed by atoms with Gasteiger partial charge in [0.15, 0.2) is 9.84 Å². The molecule has 7 nitrogen and oxygen atoms in total. The van der Waals surface area contributed by atoms with Gasteiger partial charge in [-0.15, -0.1) is 0 Å². The first-order valence-electron chi connectivity index (χ1n) is 13.3. The fourth-order valence-electron chi connectivity index (χ4n) is 6.04. The number of piperidine rings is 1. The molecule has 0 aliphatic carbocycles. The lowest BCUT2D eigenvalue weighted by Crippen LogP contribution is -2.55. The molecule has 2 saturated heterocycles. The summed E-state index contributed by atoms with van der Waals surface area (Å²) in [5.74, 6) is -1.69. The third-order valence-electron chi connectivity index (χ3n) is 8.10. The van der Waals surface area contributed by atoms with Crippen molar-refractivity contribution >= 4 is 44.9 Å². The van der Waals surface area contributed by atoms with Crippen molar-refractivity contribution in [3.8, 4) is 0 Å². The number of nitrogens with zero attached hydrogens (tertiary/aromatic N) is 1. The summed E-state index contributed by atoms with van der Waals surface area (Å²) in [6.45, 7) is 4.40. The number of carbonyl (C=O) groups excluding carboxylic acids is 1. The molecule has 212 valence electrons. The molecule has 39 heavy (non-hydrogen) atoms. The molecule has 0 saturated carbocycles. The quantitative estimate of drug-likeness (QED) is 0.387. The summed E-state index contributed by atoms with van der Waals surface area (Å²) >= 11 is 12.6. The molecule has 0 radical (unpaired) electrons. The van der Waals surface area contributed by atoms with Crippen molar-refractivity contribution in [2.24, 2.45) is 5.41 Å². The first kappa shape index (κ1) is 29.8. The zero-order chi connectivity index (χ0) is 28.4. The van der Waals surface area contributed by atoms with E-state index in [1.165, 1.54) is 0 Å². The van der Waals surface area contributed by atoms with Gasteiger partial charge in [-0.05, 0) is 68.0 Å². The molecule has 0 aromatic heterocycles. The van der Waals surface area contributed by atoms with E-state index in [0.29, 0.717) is 42.5 Å². The number of benzene rings is 2. The van der Waals surface area contributed by atoms with Crippen LogP contribution in [0.2, 0.25) is 10.0 Å². The largest absolute Gasteiger partial charge is 0.481 e. The molecule has 2 aromatic carbocycles. The van der Waals surface area contributed by atoms with Crippen molar-refractivity contribution in [3.63, 3.8) is 0 Å². The van der Waals surface area contributed by atoms with Gasteiger partial charge in [-0.25, -0.2) is 8.42 Å². The van der Waals surface area contributed by atoms with Gasteiger partial charge in [0.2, 0.25) is 5.91 Å². The number of aliphatic carboxylic acids is 1. The summed E-state index contributed by atoms with van der Waals surface area (Å²) in [7, 11) is -3.39. The lowest BCUT2D eigenvalue weighted by molar-refractivity contribution is -0.160. The third kappa shape index (κ3) is 6.79. The van der Waals surface area contributed by atoms with Crippen molar-refractivity contribution < 1.29 is 27.9 Å². The molecule has 2 aromatic rings. The van der Waals surface area contributed by atoms with Gasteiger partial charge in [-0.3, -0.25) is 9.59 Å². The average molecular weight is 597 g/mol. The van der Waals surface area contributed by atoms with Crippen molar-refractivity contribution in [2.45, 2.75) is 69.2 Å². The Morgan fingerprint density at radius 1 is 1.10 bits per heavy atom. The predicted octanol–water partition coefficient (Wildman–Crippen LogP) is 5.90. The molecule has 1 amide bonds. The molecule has 2 aliphatic rings. The summed E-state index contributed by atoms with van der Waals surface area (Å²) in [4.78, 5) is 27.8. The van der Waals surface area contributed by atoms with Gasteiger partial charge >= 0.3 is 5.97 Å². The first-order valence-corrected chi connectivity index (χ1v) is 15.7. The van der Waals surface area contributed by atoms with Crippen molar-refractivity contribution in [2.75, 3.05) is 19.0 Å². The van der Waals surface area contributed by atoms with Gasteiger partial charge in [0.25, 0.3) is 0 Å². The Bertz CT molecular complexity index is 1300. The maximum atomic E-state index is 14.2. The van der Waals surface area contributed by atoms with Gasteiger partial charge in [0, 0.05) is 35.2 Å². The Hall–Kier alpha value is -2.13. The van der Waals surface area contributed by atoms with E-state index in [4.69, 9.17) is 27.9 Å². The number of amides is 1. The second-order valence-electron chi connectivity index (χ2n) is 11.0. The van der Waals surface area contributed by atoms with Crippen molar-refractivity contribution in [1.82, 2.24) is 4.90 Å². The number of likely N-dealkylation sites (tertiary alicyclic amines) is 1. The Kier molecular flexibility index (Phi) is 9.31. The Labute approximate surface area is 240 Å². The van der Waals surface area contributed by atoms with Crippen LogP contribution in [0.5, 0.6) is 0 Å². The number of hydrogen-bond acceptors (Lipinski definition) is 5. The van der Waals surface area contributed by atoms with Crippen LogP contribution in [0, 0.1) is 5.41 Å². The number of ether oxygens (including phenoxy) is 1. The Balaban J connectivity index is 1.75. The number of carbonyl (C=O) groups is 2. The number of carboxylic acids is 1. The van der Waals surface area contributed by atoms with Crippen LogP contribution < -0.4 is 0 Å². The molecule has 4 rings (SSSR count). The molecule has 0 spiro atoms. The third-order valence-corrected chi connectivity index (χ3v) is 10.9. The monoisotopic (exact) mass is 595 g/mol. The molecule has 4 atom stereocenters. The second kappa shape index (κ2) is 12.2. The SMILES string of the molecule is C[C@@H](CCS(=O)(=O)C1CCOCC1)N1C(=O)[C@@](C)(CC(=O)O)C[C@H](c2cccc(Cl)c2)[C@H]1c1ccc(Cl)cc1. The minimum atomic E-state index is -3.39. The molecule has 0 bridgehead atoms. The van der Waals surface area contributed by atoms with Crippen LogP contribution >= 0.6 is 23.2 Å². The van der Waals surface area contributed by atoms with Crippen LogP contribution in [-0.4, -0.2) is 60.6 Å². The maximum absolute atomic E-state index is 14.2. The highest BCUT2D eigenvalue weighted by Crippen LogP contribution is 2.52. The number of rotatable bonds is 9. The fourth-order valence-corrected chi connectivity index (χ4v) is 8.28. The van der Waals surface area contributed by atoms with E-state index in [9.17, 15) is 23.1 Å². The molecule has 1 N–H and O–H groups in total. The summed E-state index contributed by atoms with van der Waals surface area (Å²) in [5.41, 5.74) is 0.545. The van der Waals surface area contributed by atoms with E-state index in [1.807, 2.05) is 37.3 Å². The number of hydrogen-bond donors (Lipinski definition) is 1. The highest BCUT2D eigenvalue weighted by atomic mass is 35.5. The van der Waals surface area contributed by atoms with Gasteiger partial charge in [0.05, 0.1) is 28.9 Å². The van der Waals surface area contributed by atoms with E-state index >= 15 is 0 Å². The molecular weight excluding hydrogens is 561 g/mol. The minimum absolute atomic E-state index is 0.0621. The second-order valence-corrected chi connectivity index (χ2v) is 14.3. The molecule has 2 aliphatic heterocycles. The van der Waals surface area contributed by atoms with Crippen LogP contribution in [0.3, 0.4) is 0 Å².